The van der Waals surface area contributed by atoms with E-state index in [1.54, 1.807) is 7.11 Å². The van der Waals surface area contributed by atoms with Crippen LogP contribution in [0.5, 0.6) is 0 Å². The number of ether oxygens (including phenoxy) is 2. The molecule has 1 rings (SSSR count). The van der Waals surface area contributed by atoms with Crippen molar-refractivity contribution in [2.75, 3.05) is 32.3 Å². The maximum atomic E-state index is 5.61. The van der Waals surface area contributed by atoms with Gasteiger partial charge in [-0.1, -0.05) is 50.1 Å². The first-order chi connectivity index (χ1) is 8.79. The van der Waals surface area contributed by atoms with Crippen molar-refractivity contribution in [2.24, 2.45) is 0 Å². The van der Waals surface area contributed by atoms with Crippen molar-refractivity contribution in [1.29, 1.82) is 0 Å². The first-order valence-corrected chi connectivity index (χ1v) is 8.08. The van der Waals surface area contributed by atoms with Crippen molar-refractivity contribution in [2.45, 2.75) is 18.8 Å². The quantitative estimate of drug-likeness (QED) is 0.468. The topological polar surface area (TPSA) is 18.5 Å². The summed E-state index contributed by atoms with van der Waals surface area (Å²) in [5.41, 5.74) is 1.34. The van der Waals surface area contributed by atoms with Gasteiger partial charge in [-0.25, -0.2) is 0 Å². The van der Waals surface area contributed by atoms with E-state index in [1.807, 2.05) is 6.07 Å². The van der Waals surface area contributed by atoms with Crippen LogP contribution in [0.3, 0.4) is 0 Å². The van der Waals surface area contributed by atoms with Crippen LogP contribution in [-0.4, -0.2) is 32.3 Å². The molecule has 18 heavy (non-hydrogen) atoms. The van der Waals surface area contributed by atoms with E-state index < -0.39 is 0 Å². The second kappa shape index (κ2) is 9.96. The Kier molecular flexibility index (Phi) is 8.94. The summed E-state index contributed by atoms with van der Waals surface area (Å²) < 4.78 is 11.8. The molecule has 0 aliphatic rings. The molecular weight excluding hydrogens is 360 g/mol. The smallest absolute Gasteiger partial charge is 0.0487 e. The average Bonchev–Trinajstić information content (AvgIpc) is 2.39. The summed E-state index contributed by atoms with van der Waals surface area (Å²) in [6.07, 6.45) is 1.99. The monoisotopic (exact) mass is 378 g/mol. The normalized spacial score (nSPS) is 12.6. The first-order valence-electron chi connectivity index (χ1n) is 6.16. The summed E-state index contributed by atoms with van der Waals surface area (Å²) in [7, 11) is 1.72. The van der Waals surface area contributed by atoms with Crippen molar-refractivity contribution < 1.29 is 9.47 Å². The highest BCUT2D eigenvalue weighted by atomic mass is 79.9. The Bertz CT molecular complexity index is 331. The fourth-order valence-corrected chi connectivity index (χ4v) is 3.04. The lowest BCUT2D eigenvalue weighted by molar-refractivity contribution is 0.0990. The third-order valence-electron chi connectivity index (χ3n) is 2.78. The van der Waals surface area contributed by atoms with E-state index in [0.717, 1.165) is 38.0 Å². The molecular formula is C14H20Br2O2. The van der Waals surface area contributed by atoms with Crippen LogP contribution in [0.25, 0.3) is 0 Å². The average molecular weight is 380 g/mol. The standard InChI is InChI=1S/C14H20Br2O2/c1-17-8-4-9-18-10-7-12(11-15)13-5-2-3-6-14(13)16/h2-3,5-6,12H,4,7-11H2,1H3. The van der Waals surface area contributed by atoms with E-state index in [-0.39, 0.29) is 0 Å². The molecule has 4 heteroatoms. The molecule has 0 amide bonds. The van der Waals surface area contributed by atoms with Crippen LogP contribution in [0.2, 0.25) is 0 Å². The molecule has 0 bridgehead atoms. The van der Waals surface area contributed by atoms with Gasteiger partial charge in [-0.3, -0.25) is 0 Å². The highest BCUT2D eigenvalue weighted by Crippen LogP contribution is 2.28. The van der Waals surface area contributed by atoms with Crippen LogP contribution in [0.4, 0.5) is 0 Å². The SMILES string of the molecule is COCCCOCCC(CBr)c1ccccc1Br. The minimum absolute atomic E-state index is 0.489. The molecule has 0 saturated carbocycles. The second-order valence-electron chi connectivity index (χ2n) is 4.12. The Morgan fingerprint density at radius 2 is 1.94 bits per heavy atom. The number of hydrogen-bond donors (Lipinski definition) is 0. The van der Waals surface area contributed by atoms with Gasteiger partial charge in [0.1, 0.15) is 0 Å². The Hall–Kier alpha value is 0.1000. The lowest BCUT2D eigenvalue weighted by atomic mass is 9.98. The molecule has 0 heterocycles. The van der Waals surface area contributed by atoms with Crippen molar-refractivity contribution in [3.8, 4) is 0 Å². The van der Waals surface area contributed by atoms with Crippen molar-refractivity contribution in [3.63, 3.8) is 0 Å². The van der Waals surface area contributed by atoms with Gasteiger partial charge >= 0.3 is 0 Å². The Morgan fingerprint density at radius 3 is 2.61 bits per heavy atom. The van der Waals surface area contributed by atoms with Gasteiger partial charge in [0.15, 0.2) is 0 Å². The van der Waals surface area contributed by atoms with E-state index in [2.05, 4.69) is 50.1 Å². The zero-order valence-electron chi connectivity index (χ0n) is 10.7. The molecule has 0 aliphatic carbocycles. The third kappa shape index (κ3) is 5.83. The second-order valence-corrected chi connectivity index (χ2v) is 5.62. The Balaban J connectivity index is 2.32. The number of hydrogen-bond acceptors (Lipinski definition) is 2. The Labute approximate surface area is 126 Å². The molecule has 0 radical (unpaired) electrons. The van der Waals surface area contributed by atoms with E-state index in [1.165, 1.54) is 10.0 Å². The lowest BCUT2D eigenvalue weighted by Gasteiger charge is -2.16. The molecule has 1 unspecified atom stereocenters. The first kappa shape index (κ1) is 16.2. The fourth-order valence-electron chi connectivity index (χ4n) is 1.75. The molecule has 102 valence electrons. The molecule has 1 aromatic rings. The van der Waals surface area contributed by atoms with Gasteiger partial charge in [0, 0.05) is 36.7 Å². The van der Waals surface area contributed by atoms with Crippen molar-refractivity contribution in [3.05, 3.63) is 34.3 Å². The largest absolute Gasteiger partial charge is 0.385 e. The molecule has 0 aliphatic heterocycles. The van der Waals surface area contributed by atoms with Gasteiger partial charge in [0.05, 0.1) is 0 Å². The lowest BCUT2D eigenvalue weighted by Crippen LogP contribution is -2.07. The summed E-state index contributed by atoms with van der Waals surface area (Å²) in [4.78, 5) is 0. The molecule has 0 N–H and O–H groups in total. The van der Waals surface area contributed by atoms with Gasteiger partial charge in [-0.15, -0.1) is 0 Å². The van der Waals surface area contributed by atoms with E-state index in [4.69, 9.17) is 9.47 Å². The van der Waals surface area contributed by atoms with Crippen LogP contribution < -0.4 is 0 Å². The minimum Gasteiger partial charge on any atom is -0.385 e. The van der Waals surface area contributed by atoms with E-state index >= 15 is 0 Å². The van der Waals surface area contributed by atoms with Crippen molar-refractivity contribution in [1.82, 2.24) is 0 Å². The zero-order chi connectivity index (χ0) is 13.2. The van der Waals surface area contributed by atoms with Gasteiger partial charge < -0.3 is 9.47 Å². The molecule has 1 atom stereocenters. The molecule has 0 aromatic heterocycles. The predicted molar refractivity (Wildman–Crippen MR) is 82.6 cm³/mol. The fraction of sp³-hybridized carbons (Fsp3) is 0.571. The van der Waals surface area contributed by atoms with Gasteiger partial charge in [-0.2, -0.15) is 0 Å². The highest BCUT2D eigenvalue weighted by Gasteiger charge is 2.12. The predicted octanol–water partition coefficient (Wildman–Crippen LogP) is 4.37. The maximum absolute atomic E-state index is 5.61. The summed E-state index contributed by atoms with van der Waals surface area (Å²) in [6, 6.07) is 8.38. The van der Waals surface area contributed by atoms with Crippen LogP contribution in [0, 0.1) is 0 Å². The summed E-state index contributed by atoms with van der Waals surface area (Å²) in [6.45, 7) is 2.34. The van der Waals surface area contributed by atoms with E-state index in [9.17, 15) is 0 Å². The van der Waals surface area contributed by atoms with E-state index in [0.29, 0.717) is 5.92 Å². The maximum Gasteiger partial charge on any atom is 0.0487 e. The van der Waals surface area contributed by atoms with Gasteiger partial charge in [0.2, 0.25) is 0 Å². The summed E-state index contributed by atoms with van der Waals surface area (Å²) >= 11 is 7.19. The molecule has 0 saturated heterocycles. The number of rotatable bonds is 9. The van der Waals surface area contributed by atoms with Crippen LogP contribution >= 0.6 is 31.9 Å². The zero-order valence-corrected chi connectivity index (χ0v) is 13.9. The Morgan fingerprint density at radius 1 is 1.17 bits per heavy atom. The number of methoxy groups -OCH3 is 1. The number of benzene rings is 1. The third-order valence-corrected chi connectivity index (χ3v) is 4.28. The summed E-state index contributed by atoms with van der Waals surface area (Å²) in [5, 5.41) is 0.955. The number of halogens is 2. The van der Waals surface area contributed by atoms with Crippen molar-refractivity contribution >= 4 is 31.9 Å². The highest BCUT2D eigenvalue weighted by molar-refractivity contribution is 9.10. The molecule has 1 aromatic carbocycles. The summed E-state index contributed by atoms with van der Waals surface area (Å²) in [5.74, 6) is 0.489. The number of alkyl halides is 1. The molecule has 2 nitrogen and oxygen atoms in total. The van der Waals surface area contributed by atoms with Crippen LogP contribution in [0.15, 0.2) is 28.7 Å². The minimum atomic E-state index is 0.489. The molecule has 0 fully saturated rings. The van der Waals surface area contributed by atoms with Gasteiger partial charge in [-0.05, 0) is 30.4 Å². The van der Waals surface area contributed by atoms with Crippen LogP contribution in [0.1, 0.15) is 24.3 Å². The van der Waals surface area contributed by atoms with Crippen LogP contribution in [-0.2, 0) is 9.47 Å². The van der Waals surface area contributed by atoms with Gasteiger partial charge in [0.25, 0.3) is 0 Å². The molecule has 0 spiro atoms.